The molecule has 2 aromatic rings. The fourth-order valence-electron chi connectivity index (χ4n) is 2.04. The van der Waals surface area contributed by atoms with Gasteiger partial charge in [-0.2, -0.15) is 0 Å². The minimum absolute atomic E-state index is 0.0684. The zero-order chi connectivity index (χ0) is 12.4. The quantitative estimate of drug-likeness (QED) is 0.873. The number of ketones is 1. The van der Waals surface area contributed by atoms with Gasteiger partial charge in [-0.25, -0.2) is 4.98 Å². The van der Waals surface area contributed by atoms with Crippen LogP contribution in [0.25, 0.3) is 11.0 Å². The fourth-order valence-corrected chi connectivity index (χ4v) is 2.04. The van der Waals surface area contributed by atoms with Crippen LogP contribution in [-0.2, 0) is 11.8 Å². The number of aryl methyl sites for hydroxylation is 1. The average Bonchev–Trinajstić information content (AvgIpc) is 2.67. The first-order valence-electron chi connectivity index (χ1n) is 5.69. The maximum Gasteiger partial charge on any atom is 0.131 e. The minimum Gasteiger partial charge on any atom is -0.334 e. The number of aromatic nitrogens is 2. The second kappa shape index (κ2) is 4.67. The Labute approximate surface area is 101 Å². The van der Waals surface area contributed by atoms with Crippen molar-refractivity contribution in [2.45, 2.75) is 19.4 Å². The van der Waals surface area contributed by atoms with Gasteiger partial charge in [0.1, 0.15) is 5.78 Å². The van der Waals surface area contributed by atoms with Gasteiger partial charge in [0.15, 0.2) is 0 Å². The molecule has 4 nitrogen and oxygen atoms in total. The molecule has 1 unspecified atom stereocenters. The second-order valence-electron chi connectivity index (χ2n) is 4.35. The van der Waals surface area contributed by atoms with Gasteiger partial charge in [-0.1, -0.05) is 6.07 Å². The Kier molecular flexibility index (Phi) is 3.24. The number of carbonyl (C=O) groups is 1. The summed E-state index contributed by atoms with van der Waals surface area (Å²) in [6.07, 6.45) is 2.31. The Hall–Kier alpha value is -1.68. The van der Waals surface area contributed by atoms with Gasteiger partial charge < -0.3 is 9.88 Å². The largest absolute Gasteiger partial charge is 0.334 e. The zero-order valence-electron chi connectivity index (χ0n) is 10.4. The highest BCUT2D eigenvalue weighted by molar-refractivity contribution is 5.78. The molecule has 1 aromatic carbocycles. The van der Waals surface area contributed by atoms with E-state index in [-0.39, 0.29) is 11.8 Å². The number of fused-ring (bicyclic) bond motifs is 1. The Balaban J connectivity index is 2.37. The predicted octanol–water partition coefficient (Wildman–Crippen LogP) is 1.81. The summed E-state index contributed by atoms with van der Waals surface area (Å²) >= 11 is 0. The summed E-state index contributed by atoms with van der Waals surface area (Å²) in [4.78, 5) is 15.5. The highest BCUT2D eigenvalue weighted by Crippen LogP contribution is 2.21. The predicted molar refractivity (Wildman–Crippen MR) is 67.8 cm³/mol. The van der Waals surface area contributed by atoms with Gasteiger partial charge in [-0.3, -0.25) is 4.79 Å². The Morgan fingerprint density at radius 2 is 2.29 bits per heavy atom. The Morgan fingerprint density at radius 1 is 1.53 bits per heavy atom. The number of hydrogen-bond donors (Lipinski definition) is 1. The first-order valence-corrected chi connectivity index (χ1v) is 5.69. The summed E-state index contributed by atoms with van der Waals surface area (Å²) in [7, 11) is 3.84. The van der Waals surface area contributed by atoms with E-state index in [1.165, 1.54) is 0 Å². The summed E-state index contributed by atoms with van der Waals surface area (Å²) in [5, 5.41) is 3.17. The van der Waals surface area contributed by atoms with Gasteiger partial charge in [0.05, 0.1) is 17.4 Å². The number of hydrogen-bond acceptors (Lipinski definition) is 3. The normalized spacial score (nSPS) is 12.9. The van der Waals surface area contributed by atoms with Crippen LogP contribution >= 0.6 is 0 Å². The SMILES string of the molecule is CNC(CC(C)=O)c1ccc2c(c1)ncn2C. The highest BCUT2D eigenvalue weighted by Gasteiger charge is 2.12. The molecule has 2 rings (SSSR count). The fraction of sp³-hybridized carbons (Fsp3) is 0.385. The van der Waals surface area contributed by atoms with Crippen LogP contribution in [0.15, 0.2) is 24.5 Å². The lowest BCUT2D eigenvalue weighted by Gasteiger charge is -2.14. The molecule has 0 aliphatic carbocycles. The van der Waals surface area contributed by atoms with E-state index in [9.17, 15) is 4.79 Å². The van der Waals surface area contributed by atoms with Crippen LogP contribution in [0, 0.1) is 0 Å². The van der Waals surface area contributed by atoms with E-state index in [2.05, 4.69) is 10.3 Å². The van der Waals surface area contributed by atoms with Gasteiger partial charge in [-0.15, -0.1) is 0 Å². The summed E-state index contributed by atoms with van der Waals surface area (Å²) in [5.41, 5.74) is 3.18. The summed E-state index contributed by atoms with van der Waals surface area (Å²) in [6, 6.07) is 6.20. The third-order valence-electron chi connectivity index (χ3n) is 2.99. The van der Waals surface area contributed by atoms with E-state index in [4.69, 9.17) is 0 Å². The minimum atomic E-state index is 0.0684. The van der Waals surface area contributed by atoms with Crippen molar-refractivity contribution in [2.24, 2.45) is 7.05 Å². The van der Waals surface area contributed by atoms with E-state index in [1.807, 2.05) is 36.9 Å². The van der Waals surface area contributed by atoms with Crippen molar-refractivity contribution in [3.8, 4) is 0 Å². The van der Waals surface area contributed by atoms with Gasteiger partial charge in [0, 0.05) is 19.5 Å². The second-order valence-corrected chi connectivity index (χ2v) is 4.35. The molecule has 0 aliphatic heterocycles. The molecule has 0 saturated heterocycles. The number of nitrogens with zero attached hydrogens (tertiary/aromatic N) is 2. The molecule has 17 heavy (non-hydrogen) atoms. The molecule has 0 spiro atoms. The molecule has 4 heteroatoms. The molecule has 0 aliphatic rings. The van der Waals surface area contributed by atoms with Crippen molar-refractivity contribution in [3.05, 3.63) is 30.1 Å². The van der Waals surface area contributed by atoms with Crippen LogP contribution in [0.3, 0.4) is 0 Å². The number of imidazole rings is 1. The molecule has 90 valence electrons. The lowest BCUT2D eigenvalue weighted by atomic mass is 10.0. The monoisotopic (exact) mass is 231 g/mol. The molecule has 1 heterocycles. The number of benzene rings is 1. The van der Waals surface area contributed by atoms with Gasteiger partial charge in [-0.05, 0) is 31.7 Å². The third kappa shape index (κ3) is 2.36. The maximum atomic E-state index is 11.2. The molecule has 0 bridgehead atoms. The maximum absolute atomic E-state index is 11.2. The van der Waals surface area contributed by atoms with Crippen molar-refractivity contribution in [3.63, 3.8) is 0 Å². The topological polar surface area (TPSA) is 46.9 Å². The van der Waals surface area contributed by atoms with Crippen molar-refractivity contribution < 1.29 is 4.79 Å². The van der Waals surface area contributed by atoms with Crippen molar-refractivity contribution in [2.75, 3.05) is 7.05 Å². The average molecular weight is 231 g/mol. The first-order chi connectivity index (χ1) is 8.11. The number of carbonyl (C=O) groups excluding carboxylic acids is 1. The molecule has 0 radical (unpaired) electrons. The van der Waals surface area contributed by atoms with E-state index >= 15 is 0 Å². The summed E-state index contributed by atoms with van der Waals surface area (Å²) < 4.78 is 1.98. The lowest BCUT2D eigenvalue weighted by Crippen LogP contribution is -2.18. The third-order valence-corrected chi connectivity index (χ3v) is 2.99. The Bertz CT molecular complexity index is 545. The lowest BCUT2D eigenvalue weighted by molar-refractivity contribution is -0.117. The molecular weight excluding hydrogens is 214 g/mol. The van der Waals surface area contributed by atoms with Crippen molar-refractivity contribution >= 4 is 16.8 Å². The van der Waals surface area contributed by atoms with Crippen LogP contribution in [0.1, 0.15) is 24.9 Å². The number of Topliss-reactive ketones (excluding diaryl/α,β-unsaturated/α-hetero) is 1. The number of nitrogens with one attached hydrogen (secondary N) is 1. The Morgan fingerprint density at radius 3 is 2.94 bits per heavy atom. The van der Waals surface area contributed by atoms with Gasteiger partial charge in [0.25, 0.3) is 0 Å². The molecule has 0 fully saturated rings. The molecule has 0 amide bonds. The van der Waals surface area contributed by atoms with Crippen LogP contribution < -0.4 is 5.32 Å². The molecule has 0 saturated carbocycles. The van der Waals surface area contributed by atoms with Crippen LogP contribution in [-0.4, -0.2) is 22.4 Å². The molecular formula is C13H17N3O. The molecule has 1 N–H and O–H groups in total. The first kappa shape index (κ1) is 11.8. The van der Waals surface area contributed by atoms with Gasteiger partial charge >= 0.3 is 0 Å². The van der Waals surface area contributed by atoms with Crippen LogP contribution in [0.5, 0.6) is 0 Å². The summed E-state index contributed by atoms with van der Waals surface area (Å²) in [6.45, 7) is 1.61. The smallest absolute Gasteiger partial charge is 0.131 e. The van der Waals surface area contributed by atoms with Gasteiger partial charge in [0.2, 0.25) is 0 Å². The standard InChI is InChI=1S/C13H17N3O/c1-9(17)6-11(14-2)10-4-5-13-12(7-10)15-8-16(13)3/h4-5,7-8,11,14H,6H2,1-3H3. The van der Waals surface area contributed by atoms with Crippen molar-refractivity contribution in [1.82, 2.24) is 14.9 Å². The molecule has 1 atom stereocenters. The highest BCUT2D eigenvalue weighted by atomic mass is 16.1. The van der Waals surface area contributed by atoms with E-state index in [1.54, 1.807) is 13.3 Å². The number of rotatable bonds is 4. The van der Waals surface area contributed by atoms with Crippen LogP contribution in [0.2, 0.25) is 0 Å². The zero-order valence-corrected chi connectivity index (χ0v) is 10.4. The molecule has 1 aromatic heterocycles. The van der Waals surface area contributed by atoms with Crippen molar-refractivity contribution in [1.29, 1.82) is 0 Å². The van der Waals surface area contributed by atoms with E-state index in [0.29, 0.717) is 6.42 Å². The summed E-state index contributed by atoms with van der Waals surface area (Å²) in [5.74, 6) is 0.186. The van der Waals surface area contributed by atoms with Crippen LogP contribution in [0.4, 0.5) is 0 Å². The van der Waals surface area contributed by atoms with E-state index in [0.717, 1.165) is 16.6 Å². The van der Waals surface area contributed by atoms with E-state index < -0.39 is 0 Å².